The van der Waals surface area contributed by atoms with Crippen LogP contribution in [0.15, 0.2) is 5.51 Å². The van der Waals surface area contributed by atoms with Crippen LogP contribution in [0.4, 0.5) is 0 Å². The molecule has 106 valence electrons. The van der Waals surface area contributed by atoms with Crippen LogP contribution in [0.25, 0.3) is 0 Å². The normalized spacial score (nSPS) is 12.1. The van der Waals surface area contributed by atoms with E-state index in [4.69, 9.17) is 9.84 Å². The summed E-state index contributed by atoms with van der Waals surface area (Å²) in [5.41, 5.74) is 2.08. The van der Waals surface area contributed by atoms with E-state index in [0.717, 1.165) is 12.8 Å². The van der Waals surface area contributed by atoms with Crippen molar-refractivity contribution in [3.63, 3.8) is 0 Å². The molecule has 1 amide bonds. The lowest BCUT2D eigenvalue weighted by molar-refractivity contribution is -0.139. The second kappa shape index (κ2) is 7.85. The summed E-state index contributed by atoms with van der Waals surface area (Å²) in [7, 11) is 1.52. The van der Waals surface area contributed by atoms with Gasteiger partial charge in [-0.05, 0) is 6.42 Å². The number of carboxylic acids is 1. The molecule has 0 spiro atoms. The minimum Gasteiger partial charge on any atom is -0.480 e. The number of hydrogen-bond acceptors (Lipinski definition) is 5. The summed E-state index contributed by atoms with van der Waals surface area (Å²) in [6, 6.07) is -0.857. The van der Waals surface area contributed by atoms with Crippen molar-refractivity contribution in [2.75, 3.05) is 7.11 Å². The predicted molar refractivity (Wildman–Crippen MR) is 71.2 cm³/mol. The van der Waals surface area contributed by atoms with Gasteiger partial charge in [-0.15, -0.1) is 11.3 Å². The summed E-state index contributed by atoms with van der Waals surface area (Å²) in [6.07, 6.45) is 2.07. The average Bonchev–Trinajstić information content (AvgIpc) is 2.82. The first-order chi connectivity index (χ1) is 9.10. The molecule has 0 saturated carbocycles. The summed E-state index contributed by atoms with van der Waals surface area (Å²) in [4.78, 5) is 27.5. The van der Waals surface area contributed by atoms with E-state index in [9.17, 15) is 9.59 Å². The number of methoxy groups -OCH3 is 1. The highest BCUT2D eigenvalue weighted by molar-refractivity contribution is 7.11. The van der Waals surface area contributed by atoms with Gasteiger partial charge >= 0.3 is 5.97 Å². The summed E-state index contributed by atoms with van der Waals surface area (Å²) in [6.45, 7) is 2.21. The molecule has 0 radical (unpaired) electrons. The Bertz CT molecular complexity index is 433. The van der Waals surface area contributed by atoms with E-state index in [2.05, 4.69) is 10.3 Å². The molecule has 0 saturated heterocycles. The smallest absolute Gasteiger partial charge is 0.326 e. The lowest BCUT2D eigenvalue weighted by Crippen LogP contribution is -2.40. The number of aromatic nitrogens is 1. The van der Waals surface area contributed by atoms with Crippen molar-refractivity contribution in [1.82, 2.24) is 10.3 Å². The Morgan fingerprint density at radius 3 is 2.89 bits per heavy atom. The molecule has 7 heteroatoms. The highest BCUT2D eigenvalue weighted by Gasteiger charge is 2.22. The average molecular weight is 286 g/mol. The Morgan fingerprint density at radius 1 is 1.58 bits per heavy atom. The first-order valence-electron chi connectivity index (χ1n) is 6.05. The van der Waals surface area contributed by atoms with E-state index in [1.54, 1.807) is 5.51 Å². The summed E-state index contributed by atoms with van der Waals surface area (Å²) in [5, 5.41) is 11.6. The monoisotopic (exact) mass is 286 g/mol. The molecule has 6 nitrogen and oxygen atoms in total. The molecule has 1 aromatic rings. The highest BCUT2D eigenvalue weighted by Crippen LogP contribution is 2.15. The lowest BCUT2D eigenvalue weighted by atomic mass is 10.1. The third-order valence-corrected chi connectivity index (χ3v) is 3.45. The van der Waals surface area contributed by atoms with Gasteiger partial charge in [-0.25, -0.2) is 9.78 Å². The summed E-state index contributed by atoms with van der Waals surface area (Å²) < 4.78 is 4.94. The van der Waals surface area contributed by atoms with Crippen LogP contribution in [0.1, 0.15) is 41.6 Å². The van der Waals surface area contributed by atoms with Gasteiger partial charge < -0.3 is 15.2 Å². The number of nitrogens with zero attached hydrogens (tertiary/aromatic N) is 1. The minimum atomic E-state index is -1.01. The number of hydrogen-bond donors (Lipinski definition) is 2. The molecular weight excluding hydrogens is 268 g/mol. The zero-order valence-corrected chi connectivity index (χ0v) is 11.8. The number of nitrogens with one attached hydrogen (secondary N) is 1. The largest absolute Gasteiger partial charge is 0.480 e. The first-order valence-corrected chi connectivity index (χ1v) is 6.93. The number of thiazole rings is 1. The van der Waals surface area contributed by atoms with Crippen LogP contribution in [0.2, 0.25) is 0 Å². The fraction of sp³-hybridized carbons (Fsp3) is 0.583. The van der Waals surface area contributed by atoms with Crippen LogP contribution in [-0.2, 0) is 16.1 Å². The molecule has 0 unspecified atom stereocenters. The highest BCUT2D eigenvalue weighted by atomic mass is 32.1. The summed E-state index contributed by atoms with van der Waals surface area (Å²) in [5.74, 6) is -1.42. The van der Waals surface area contributed by atoms with Crippen molar-refractivity contribution < 1.29 is 19.4 Å². The van der Waals surface area contributed by atoms with E-state index in [0.29, 0.717) is 17.0 Å². The zero-order chi connectivity index (χ0) is 14.3. The molecule has 1 aromatic heterocycles. The van der Waals surface area contributed by atoms with Gasteiger partial charge in [0.2, 0.25) is 0 Å². The molecule has 0 aromatic carbocycles. The van der Waals surface area contributed by atoms with Crippen LogP contribution < -0.4 is 5.32 Å². The Kier molecular flexibility index (Phi) is 6.44. The quantitative estimate of drug-likeness (QED) is 0.758. The Morgan fingerprint density at radius 2 is 2.32 bits per heavy atom. The van der Waals surface area contributed by atoms with Crippen molar-refractivity contribution in [1.29, 1.82) is 0 Å². The van der Waals surface area contributed by atoms with Crippen LogP contribution in [0.5, 0.6) is 0 Å². The predicted octanol–water partition coefficient (Wildman–Crippen LogP) is 1.66. The van der Waals surface area contributed by atoms with Gasteiger partial charge in [0.15, 0.2) is 0 Å². The maximum absolute atomic E-state index is 12.0. The van der Waals surface area contributed by atoms with Crippen LogP contribution in [0, 0.1) is 0 Å². The molecule has 19 heavy (non-hydrogen) atoms. The molecule has 0 fully saturated rings. The van der Waals surface area contributed by atoms with Gasteiger partial charge in [0.25, 0.3) is 5.91 Å². The van der Waals surface area contributed by atoms with Gasteiger partial charge in [0.05, 0.1) is 17.8 Å². The lowest BCUT2D eigenvalue weighted by Gasteiger charge is -2.13. The zero-order valence-electron chi connectivity index (χ0n) is 11.0. The molecule has 0 aliphatic rings. The topological polar surface area (TPSA) is 88.5 Å². The van der Waals surface area contributed by atoms with Crippen molar-refractivity contribution in [3.8, 4) is 0 Å². The van der Waals surface area contributed by atoms with Crippen LogP contribution >= 0.6 is 11.3 Å². The Balaban J connectivity index is 2.70. The van der Waals surface area contributed by atoms with Gasteiger partial charge in [-0.2, -0.15) is 0 Å². The Labute approximate surface area is 115 Å². The van der Waals surface area contributed by atoms with Crippen LogP contribution in [0.3, 0.4) is 0 Å². The maximum Gasteiger partial charge on any atom is 0.326 e. The first kappa shape index (κ1) is 15.6. The number of carboxylic acid groups (broad SMARTS) is 1. The summed E-state index contributed by atoms with van der Waals surface area (Å²) >= 11 is 1.18. The van der Waals surface area contributed by atoms with Crippen molar-refractivity contribution in [3.05, 3.63) is 16.1 Å². The molecule has 1 heterocycles. The van der Waals surface area contributed by atoms with Crippen molar-refractivity contribution in [2.45, 2.75) is 38.8 Å². The van der Waals surface area contributed by atoms with E-state index < -0.39 is 17.9 Å². The van der Waals surface area contributed by atoms with Gasteiger partial charge in [0.1, 0.15) is 10.9 Å². The minimum absolute atomic E-state index is 0.235. The number of unbranched alkanes of at least 4 members (excludes halogenated alkanes) is 1. The van der Waals surface area contributed by atoms with E-state index >= 15 is 0 Å². The molecule has 2 N–H and O–H groups in total. The number of ether oxygens (including phenoxy) is 1. The molecule has 1 rings (SSSR count). The Hall–Kier alpha value is -1.47. The molecule has 1 atom stereocenters. The fourth-order valence-electron chi connectivity index (χ4n) is 1.58. The molecule has 0 aliphatic heterocycles. The van der Waals surface area contributed by atoms with Gasteiger partial charge in [0, 0.05) is 7.11 Å². The van der Waals surface area contributed by atoms with Crippen LogP contribution in [-0.4, -0.2) is 35.1 Å². The van der Waals surface area contributed by atoms with Crippen molar-refractivity contribution in [2.24, 2.45) is 0 Å². The number of rotatable bonds is 8. The van der Waals surface area contributed by atoms with Gasteiger partial charge in [-0.1, -0.05) is 19.8 Å². The SMILES string of the molecule is CCCC[C@H](NC(=O)c1scnc1COC)C(=O)O. The third-order valence-electron chi connectivity index (χ3n) is 2.58. The van der Waals surface area contributed by atoms with E-state index in [1.165, 1.54) is 18.4 Å². The van der Waals surface area contributed by atoms with E-state index in [-0.39, 0.29) is 6.61 Å². The standard InChI is InChI=1S/C12H18N2O4S/c1-3-4-5-8(12(16)17)14-11(15)10-9(6-18-2)13-7-19-10/h7-8H,3-6H2,1-2H3,(H,14,15)(H,16,17)/t8-/m0/s1. The molecular formula is C12H18N2O4S. The number of aliphatic carboxylic acids is 1. The van der Waals surface area contributed by atoms with Gasteiger partial charge in [-0.3, -0.25) is 4.79 Å². The van der Waals surface area contributed by atoms with Crippen molar-refractivity contribution >= 4 is 23.2 Å². The number of carbonyl (C=O) groups is 2. The maximum atomic E-state index is 12.0. The number of amides is 1. The third kappa shape index (κ3) is 4.60. The number of carbonyl (C=O) groups excluding carboxylic acids is 1. The van der Waals surface area contributed by atoms with E-state index in [1.807, 2.05) is 6.92 Å². The second-order valence-electron chi connectivity index (χ2n) is 4.07. The fourth-order valence-corrected chi connectivity index (χ4v) is 2.28. The molecule has 0 aliphatic carbocycles. The molecule has 0 bridgehead atoms. The second-order valence-corrected chi connectivity index (χ2v) is 4.92.